The van der Waals surface area contributed by atoms with E-state index in [0.717, 1.165) is 31.4 Å². The average molecular weight is 250 g/mol. The zero-order valence-electron chi connectivity index (χ0n) is 11.2. The van der Waals surface area contributed by atoms with Gasteiger partial charge in [0.15, 0.2) is 0 Å². The molecule has 0 aliphatic rings. The molecule has 0 amide bonds. The van der Waals surface area contributed by atoms with Crippen molar-refractivity contribution in [3.05, 3.63) is 23.7 Å². The molecule has 100 valence electrons. The average Bonchev–Trinajstić information content (AvgIpc) is 2.77. The lowest BCUT2D eigenvalue weighted by Crippen LogP contribution is -2.40. The van der Waals surface area contributed by atoms with E-state index in [2.05, 4.69) is 19.2 Å². The fraction of sp³-hybridized carbons (Fsp3) is 0.643. The molecule has 0 atom stereocenters. The minimum absolute atomic E-state index is 0.323. The topological polar surface area (TPSA) is 69.2 Å². The summed E-state index contributed by atoms with van der Waals surface area (Å²) in [4.78, 5) is 0. The number of hydrogen-bond acceptors (Lipinski definition) is 4. The Bertz CT molecular complexity index is 387. The molecule has 1 aromatic rings. The standard InChI is InChI=1S/C14H22N2O2/c1-3-7-14(17,8-4-2)11-16-10-13-6-5-12(9-15)18-13/h5-6,16-17H,3-4,7-8,10-11H2,1-2H3. The van der Waals surface area contributed by atoms with Gasteiger partial charge in [-0.05, 0) is 25.0 Å². The Morgan fingerprint density at radius 1 is 1.33 bits per heavy atom. The zero-order valence-corrected chi connectivity index (χ0v) is 11.2. The molecule has 0 aliphatic carbocycles. The van der Waals surface area contributed by atoms with Gasteiger partial charge >= 0.3 is 0 Å². The summed E-state index contributed by atoms with van der Waals surface area (Å²) < 4.78 is 5.26. The maximum absolute atomic E-state index is 10.4. The molecule has 4 nitrogen and oxygen atoms in total. The van der Waals surface area contributed by atoms with Gasteiger partial charge in [-0.25, -0.2) is 0 Å². The highest BCUT2D eigenvalue weighted by Crippen LogP contribution is 2.18. The van der Waals surface area contributed by atoms with Gasteiger partial charge in [-0.3, -0.25) is 0 Å². The normalized spacial score (nSPS) is 11.4. The first-order chi connectivity index (χ1) is 8.63. The molecule has 0 saturated heterocycles. The Balaban J connectivity index is 2.41. The van der Waals surface area contributed by atoms with Gasteiger partial charge in [0.1, 0.15) is 11.8 Å². The lowest BCUT2D eigenvalue weighted by Gasteiger charge is -2.27. The molecule has 0 saturated carbocycles. The second kappa shape index (κ2) is 7.20. The van der Waals surface area contributed by atoms with Crippen molar-refractivity contribution in [2.75, 3.05) is 6.54 Å². The van der Waals surface area contributed by atoms with Crippen LogP contribution in [0.15, 0.2) is 16.5 Å². The van der Waals surface area contributed by atoms with E-state index in [0.29, 0.717) is 18.8 Å². The molecule has 0 bridgehead atoms. The van der Waals surface area contributed by atoms with Crippen molar-refractivity contribution in [1.29, 1.82) is 5.26 Å². The van der Waals surface area contributed by atoms with E-state index < -0.39 is 5.60 Å². The molecule has 1 rings (SSSR count). The summed E-state index contributed by atoms with van der Waals surface area (Å²) in [6.07, 6.45) is 3.54. The van der Waals surface area contributed by atoms with Gasteiger partial charge in [-0.2, -0.15) is 5.26 Å². The third kappa shape index (κ3) is 4.52. The minimum atomic E-state index is -0.631. The van der Waals surface area contributed by atoms with Gasteiger partial charge in [0.25, 0.3) is 0 Å². The Labute approximate surface area is 109 Å². The second-order valence-electron chi connectivity index (χ2n) is 4.71. The lowest BCUT2D eigenvalue weighted by molar-refractivity contribution is 0.0211. The lowest BCUT2D eigenvalue weighted by atomic mass is 9.93. The van der Waals surface area contributed by atoms with Crippen LogP contribution in [0, 0.1) is 11.3 Å². The van der Waals surface area contributed by atoms with Gasteiger partial charge in [0.05, 0.1) is 12.1 Å². The number of nitrogens with zero attached hydrogens (tertiary/aromatic N) is 1. The monoisotopic (exact) mass is 250 g/mol. The molecule has 0 radical (unpaired) electrons. The molecule has 0 fully saturated rings. The minimum Gasteiger partial charge on any atom is -0.449 e. The van der Waals surface area contributed by atoms with Crippen LogP contribution >= 0.6 is 0 Å². The number of nitriles is 1. The number of nitrogens with one attached hydrogen (secondary N) is 1. The maximum atomic E-state index is 10.4. The molecular formula is C14H22N2O2. The van der Waals surface area contributed by atoms with E-state index in [9.17, 15) is 5.11 Å². The Kier molecular flexibility index (Phi) is 5.90. The number of rotatable bonds is 8. The molecule has 0 spiro atoms. The zero-order chi connectivity index (χ0) is 13.4. The highest BCUT2D eigenvalue weighted by Gasteiger charge is 2.24. The molecule has 0 aliphatic heterocycles. The van der Waals surface area contributed by atoms with Crippen LogP contribution < -0.4 is 5.32 Å². The van der Waals surface area contributed by atoms with Crippen LogP contribution in [0.25, 0.3) is 0 Å². The first kappa shape index (κ1) is 14.7. The fourth-order valence-corrected chi connectivity index (χ4v) is 2.18. The van der Waals surface area contributed by atoms with Crippen LogP contribution in [-0.2, 0) is 6.54 Å². The van der Waals surface area contributed by atoms with Crippen molar-refractivity contribution >= 4 is 0 Å². The molecule has 0 aromatic carbocycles. The van der Waals surface area contributed by atoms with Crippen LogP contribution in [0.5, 0.6) is 0 Å². The van der Waals surface area contributed by atoms with Crippen LogP contribution in [-0.4, -0.2) is 17.3 Å². The van der Waals surface area contributed by atoms with E-state index in [1.165, 1.54) is 0 Å². The Morgan fingerprint density at radius 2 is 2.00 bits per heavy atom. The Morgan fingerprint density at radius 3 is 2.50 bits per heavy atom. The van der Waals surface area contributed by atoms with Gasteiger partial charge in [-0.15, -0.1) is 0 Å². The van der Waals surface area contributed by atoms with Gasteiger partial charge in [-0.1, -0.05) is 26.7 Å². The number of furan rings is 1. The summed E-state index contributed by atoms with van der Waals surface area (Å²) in [5.41, 5.74) is -0.631. The van der Waals surface area contributed by atoms with E-state index in [4.69, 9.17) is 9.68 Å². The van der Waals surface area contributed by atoms with E-state index in [1.807, 2.05) is 6.07 Å². The molecule has 18 heavy (non-hydrogen) atoms. The van der Waals surface area contributed by atoms with Crippen LogP contribution in [0.4, 0.5) is 0 Å². The molecule has 4 heteroatoms. The number of hydrogen-bond donors (Lipinski definition) is 2. The first-order valence-electron chi connectivity index (χ1n) is 6.55. The second-order valence-corrected chi connectivity index (χ2v) is 4.71. The molecule has 1 heterocycles. The maximum Gasteiger partial charge on any atom is 0.203 e. The summed E-state index contributed by atoms with van der Waals surface area (Å²) in [6.45, 7) is 5.24. The summed E-state index contributed by atoms with van der Waals surface area (Å²) in [5.74, 6) is 1.05. The smallest absolute Gasteiger partial charge is 0.203 e. The predicted molar refractivity (Wildman–Crippen MR) is 69.9 cm³/mol. The fourth-order valence-electron chi connectivity index (χ4n) is 2.18. The van der Waals surface area contributed by atoms with Crippen molar-refractivity contribution in [2.24, 2.45) is 0 Å². The quantitative estimate of drug-likeness (QED) is 0.744. The summed E-state index contributed by atoms with van der Waals surface area (Å²) in [7, 11) is 0. The van der Waals surface area contributed by atoms with Crippen molar-refractivity contribution in [3.63, 3.8) is 0 Å². The molecule has 0 unspecified atom stereocenters. The van der Waals surface area contributed by atoms with Crippen LogP contribution in [0.2, 0.25) is 0 Å². The van der Waals surface area contributed by atoms with Crippen LogP contribution in [0.3, 0.4) is 0 Å². The van der Waals surface area contributed by atoms with Crippen molar-refractivity contribution in [1.82, 2.24) is 5.32 Å². The number of aliphatic hydroxyl groups is 1. The summed E-state index contributed by atoms with van der Waals surface area (Å²) in [6, 6.07) is 5.39. The third-order valence-corrected chi connectivity index (χ3v) is 2.96. The highest BCUT2D eigenvalue weighted by molar-refractivity contribution is 5.18. The van der Waals surface area contributed by atoms with Gasteiger partial charge in [0, 0.05) is 6.54 Å². The van der Waals surface area contributed by atoms with E-state index in [-0.39, 0.29) is 0 Å². The van der Waals surface area contributed by atoms with Crippen LogP contribution in [0.1, 0.15) is 51.1 Å². The third-order valence-electron chi connectivity index (χ3n) is 2.96. The Hall–Kier alpha value is -1.31. The molecule has 2 N–H and O–H groups in total. The van der Waals surface area contributed by atoms with Crippen molar-refractivity contribution in [3.8, 4) is 6.07 Å². The largest absolute Gasteiger partial charge is 0.449 e. The summed E-state index contributed by atoms with van der Waals surface area (Å²) >= 11 is 0. The van der Waals surface area contributed by atoms with Gasteiger partial charge < -0.3 is 14.8 Å². The van der Waals surface area contributed by atoms with Gasteiger partial charge in [0.2, 0.25) is 5.76 Å². The SMILES string of the molecule is CCCC(O)(CCC)CNCc1ccc(C#N)o1. The summed E-state index contributed by atoms with van der Waals surface area (Å²) in [5, 5.41) is 22.2. The van der Waals surface area contributed by atoms with E-state index in [1.54, 1.807) is 12.1 Å². The van der Waals surface area contributed by atoms with Crippen molar-refractivity contribution in [2.45, 2.75) is 51.7 Å². The van der Waals surface area contributed by atoms with Crippen molar-refractivity contribution < 1.29 is 9.52 Å². The molecular weight excluding hydrogens is 228 g/mol. The molecule has 1 aromatic heterocycles. The van der Waals surface area contributed by atoms with E-state index >= 15 is 0 Å². The highest BCUT2D eigenvalue weighted by atomic mass is 16.3. The first-order valence-corrected chi connectivity index (χ1v) is 6.55. The predicted octanol–water partition coefficient (Wildman–Crippen LogP) is 2.57.